The number of amides is 1. The number of rotatable bonds is 10. The molecule has 1 atom stereocenters. The molecule has 0 bridgehead atoms. The lowest BCUT2D eigenvalue weighted by Gasteiger charge is -2.37. The normalized spacial score (nSPS) is 15.3. The number of alkyl halides is 3. The van der Waals surface area contributed by atoms with Crippen LogP contribution in [0.5, 0.6) is 0 Å². The minimum atomic E-state index is -4.22. The van der Waals surface area contributed by atoms with E-state index in [9.17, 15) is 26.7 Å². The van der Waals surface area contributed by atoms with Gasteiger partial charge in [0, 0.05) is 68.0 Å². The molecule has 0 spiro atoms. The second-order valence-corrected chi connectivity index (χ2v) is 9.39. The number of nitrogens with zero attached hydrogens (tertiary/aromatic N) is 3. The molecule has 206 valence electrons. The largest absolute Gasteiger partial charge is 0.390 e. The molecule has 1 aliphatic heterocycles. The van der Waals surface area contributed by atoms with Crippen molar-refractivity contribution in [1.82, 2.24) is 10.2 Å². The Balaban J connectivity index is 1.74. The number of nitrogens with one attached hydrogen (secondary N) is 2. The summed E-state index contributed by atoms with van der Waals surface area (Å²) in [5.41, 5.74) is 6.40. The molecule has 1 fully saturated rings. The van der Waals surface area contributed by atoms with Crippen LogP contribution in [0, 0.1) is 23.0 Å². The molecular formula is C25H28ClF5N6O. The van der Waals surface area contributed by atoms with Gasteiger partial charge in [-0.2, -0.15) is 18.4 Å². The summed E-state index contributed by atoms with van der Waals surface area (Å²) >= 11 is 6.18. The summed E-state index contributed by atoms with van der Waals surface area (Å²) in [5.74, 6) is -2.98. The van der Waals surface area contributed by atoms with Crippen molar-refractivity contribution < 1.29 is 26.7 Å². The van der Waals surface area contributed by atoms with Gasteiger partial charge >= 0.3 is 6.18 Å². The van der Waals surface area contributed by atoms with E-state index in [2.05, 4.69) is 10.6 Å². The van der Waals surface area contributed by atoms with Crippen LogP contribution >= 0.6 is 11.6 Å². The monoisotopic (exact) mass is 558 g/mol. The first-order valence-electron chi connectivity index (χ1n) is 11.9. The number of nitrogens with two attached hydrogens (primary N) is 1. The average Bonchev–Trinajstić information content (AvgIpc) is 2.86. The van der Waals surface area contributed by atoms with Crippen molar-refractivity contribution in [2.45, 2.75) is 31.6 Å². The summed E-state index contributed by atoms with van der Waals surface area (Å²) in [6, 6.07) is 8.21. The van der Waals surface area contributed by atoms with E-state index >= 15 is 0 Å². The van der Waals surface area contributed by atoms with Crippen molar-refractivity contribution in [2.24, 2.45) is 5.73 Å². The summed E-state index contributed by atoms with van der Waals surface area (Å²) in [6.07, 6.45) is -5.04. The second-order valence-electron chi connectivity index (χ2n) is 8.95. The summed E-state index contributed by atoms with van der Waals surface area (Å²) < 4.78 is 66.3. The van der Waals surface area contributed by atoms with Crippen LogP contribution in [0.4, 0.5) is 33.3 Å². The van der Waals surface area contributed by atoms with Crippen LogP contribution in [0.2, 0.25) is 5.02 Å². The standard InChI is InChI=1S/C25H28ClF5N6O/c26-16-1-4-21(22(13-16)37-11-9-36(10-12-37)8-6-25(29,30)31)35-24(38)18-2-3-20(27)23(28)19(18)15-34-14-17(33)5-7-32/h1-4,13,17,34H,5-6,8-12,14-15,33H2,(H,35,38). The molecule has 3 rings (SSSR count). The first-order chi connectivity index (χ1) is 18.0. The Morgan fingerprint density at radius 2 is 1.87 bits per heavy atom. The number of carbonyl (C=O) groups is 1. The topological polar surface area (TPSA) is 97.4 Å². The second kappa shape index (κ2) is 13.2. The first kappa shape index (κ1) is 29.6. The molecule has 4 N–H and O–H groups in total. The molecule has 0 aliphatic carbocycles. The van der Waals surface area contributed by atoms with Crippen LogP contribution in [0.1, 0.15) is 28.8 Å². The molecule has 1 aliphatic rings. The summed E-state index contributed by atoms with van der Waals surface area (Å²) in [5, 5.41) is 14.7. The maximum atomic E-state index is 14.7. The van der Waals surface area contributed by atoms with Gasteiger partial charge in [-0.1, -0.05) is 11.6 Å². The molecule has 1 saturated heterocycles. The van der Waals surface area contributed by atoms with Crippen LogP contribution in [-0.2, 0) is 6.54 Å². The Morgan fingerprint density at radius 3 is 2.53 bits per heavy atom. The number of anilines is 2. The molecular weight excluding hydrogens is 531 g/mol. The van der Waals surface area contributed by atoms with E-state index < -0.39 is 36.2 Å². The summed E-state index contributed by atoms with van der Waals surface area (Å²) in [6.45, 7) is 1.46. The number of carbonyl (C=O) groups excluding carboxylic acids is 1. The Hall–Kier alpha value is -2.98. The fourth-order valence-corrected chi connectivity index (χ4v) is 4.28. The summed E-state index contributed by atoms with van der Waals surface area (Å²) in [4.78, 5) is 16.8. The van der Waals surface area contributed by atoms with Crippen LogP contribution in [-0.4, -0.2) is 62.3 Å². The lowest BCUT2D eigenvalue weighted by atomic mass is 10.0. The quantitative estimate of drug-likeness (QED) is 0.377. The Bertz CT molecular complexity index is 1160. The first-order valence-corrected chi connectivity index (χ1v) is 12.3. The highest BCUT2D eigenvalue weighted by Crippen LogP contribution is 2.31. The highest BCUT2D eigenvalue weighted by Gasteiger charge is 2.29. The highest BCUT2D eigenvalue weighted by atomic mass is 35.5. The number of halogens is 6. The van der Waals surface area contributed by atoms with Crippen LogP contribution in [0.25, 0.3) is 0 Å². The van der Waals surface area contributed by atoms with Crippen molar-refractivity contribution in [3.8, 4) is 6.07 Å². The number of hydrogen-bond donors (Lipinski definition) is 3. The van der Waals surface area contributed by atoms with Crippen LogP contribution in [0.15, 0.2) is 30.3 Å². The molecule has 13 heteroatoms. The average molecular weight is 559 g/mol. The van der Waals surface area contributed by atoms with Gasteiger partial charge in [-0.3, -0.25) is 9.69 Å². The number of nitriles is 1. The summed E-state index contributed by atoms with van der Waals surface area (Å²) in [7, 11) is 0. The van der Waals surface area contributed by atoms with Gasteiger partial charge in [-0.25, -0.2) is 8.78 Å². The Morgan fingerprint density at radius 1 is 1.16 bits per heavy atom. The van der Waals surface area contributed by atoms with Gasteiger partial charge in [-0.05, 0) is 30.3 Å². The number of piperazine rings is 1. The Labute approximate surface area is 222 Å². The molecule has 1 heterocycles. The third kappa shape index (κ3) is 8.26. The van der Waals surface area contributed by atoms with Crippen molar-refractivity contribution in [3.63, 3.8) is 0 Å². The number of benzene rings is 2. The Kier molecular flexibility index (Phi) is 10.3. The lowest BCUT2D eigenvalue weighted by molar-refractivity contribution is -0.138. The van der Waals surface area contributed by atoms with E-state index in [1.807, 2.05) is 11.0 Å². The minimum Gasteiger partial charge on any atom is -0.367 e. The van der Waals surface area contributed by atoms with E-state index in [1.165, 1.54) is 6.07 Å². The number of hydrogen-bond acceptors (Lipinski definition) is 6. The molecule has 7 nitrogen and oxygen atoms in total. The van der Waals surface area contributed by atoms with Crippen molar-refractivity contribution in [3.05, 3.63) is 58.1 Å². The molecule has 1 amide bonds. The van der Waals surface area contributed by atoms with Gasteiger partial charge in [-0.15, -0.1) is 0 Å². The maximum Gasteiger partial charge on any atom is 0.390 e. The van der Waals surface area contributed by atoms with Crippen molar-refractivity contribution in [2.75, 3.05) is 49.5 Å². The van der Waals surface area contributed by atoms with Gasteiger partial charge < -0.3 is 21.3 Å². The van der Waals surface area contributed by atoms with E-state index in [-0.39, 0.29) is 37.2 Å². The van der Waals surface area contributed by atoms with E-state index in [4.69, 9.17) is 22.6 Å². The molecule has 0 saturated carbocycles. The van der Waals surface area contributed by atoms with E-state index in [0.29, 0.717) is 42.6 Å². The fraction of sp³-hybridized carbons (Fsp3) is 0.440. The van der Waals surface area contributed by atoms with Gasteiger partial charge in [0.05, 0.1) is 30.3 Å². The minimum absolute atomic E-state index is 0.0713. The SMILES string of the molecule is N#CCC(N)CNCc1c(C(=O)Nc2ccc(Cl)cc2N2CCN(CCC(F)(F)F)CC2)ccc(F)c1F. The third-order valence-corrected chi connectivity index (χ3v) is 6.37. The van der Waals surface area contributed by atoms with E-state index in [0.717, 1.165) is 6.07 Å². The molecule has 2 aromatic rings. The highest BCUT2D eigenvalue weighted by molar-refractivity contribution is 6.31. The molecule has 0 aromatic heterocycles. The van der Waals surface area contributed by atoms with Crippen molar-refractivity contribution in [1.29, 1.82) is 5.26 Å². The van der Waals surface area contributed by atoms with Crippen molar-refractivity contribution >= 4 is 28.9 Å². The molecule has 1 unspecified atom stereocenters. The zero-order chi connectivity index (χ0) is 27.9. The molecule has 0 radical (unpaired) electrons. The van der Waals surface area contributed by atoms with Crippen LogP contribution in [0.3, 0.4) is 0 Å². The predicted molar refractivity (Wildman–Crippen MR) is 135 cm³/mol. The third-order valence-electron chi connectivity index (χ3n) is 6.13. The van der Waals surface area contributed by atoms with Gasteiger partial charge in [0.25, 0.3) is 5.91 Å². The molecule has 38 heavy (non-hydrogen) atoms. The fourth-order valence-electron chi connectivity index (χ4n) is 4.11. The van der Waals surface area contributed by atoms with Gasteiger partial charge in [0.2, 0.25) is 0 Å². The maximum absolute atomic E-state index is 14.7. The smallest absolute Gasteiger partial charge is 0.367 e. The molecule has 2 aromatic carbocycles. The van der Waals surface area contributed by atoms with E-state index in [1.54, 1.807) is 23.1 Å². The zero-order valence-corrected chi connectivity index (χ0v) is 21.2. The van der Waals surface area contributed by atoms with Gasteiger partial charge in [0.1, 0.15) is 0 Å². The predicted octanol–water partition coefficient (Wildman–Crippen LogP) is 4.28. The van der Waals surface area contributed by atoms with Gasteiger partial charge in [0.15, 0.2) is 11.6 Å². The lowest BCUT2D eigenvalue weighted by Crippen LogP contribution is -2.47. The zero-order valence-electron chi connectivity index (χ0n) is 20.4. The van der Waals surface area contributed by atoms with Crippen LogP contribution < -0.4 is 21.3 Å².